The molecule has 0 aliphatic carbocycles. The minimum Gasteiger partial charge on any atom is -0.497 e. The van der Waals surface area contributed by atoms with Crippen molar-refractivity contribution in [3.63, 3.8) is 0 Å². The summed E-state index contributed by atoms with van der Waals surface area (Å²) < 4.78 is 5.13. The van der Waals surface area contributed by atoms with Gasteiger partial charge in [-0.25, -0.2) is 0 Å². The summed E-state index contributed by atoms with van der Waals surface area (Å²) in [6, 6.07) is 11.8. The Morgan fingerprint density at radius 1 is 1.24 bits per heavy atom. The highest BCUT2D eigenvalue weighted by Gasteiger charge is 2.23. The summed E-state index contributed by atoms with van der Waals surface area (Å²) >= 11 is 0. The maximum Gasteiger partial charge on any atom is 0.223 e. The number of aromatic nitrogens is 1. The highest BCUT2D eigenvalue weighted by atomic mass is 16.5. The number of carbonyl (C=O) groups excluding carboxylic acids is 1. The van der Waals surface area contributed by atoms with Gasteiger partial charge in [-0.2, -0.15) is 0 Å². The van der Waals surface area contributed by atoms with E-state index in [1.54, 1.807) is 13.3 Å². The van der Waals surface area contributed by atoms with Crippen LogP contribution in [0.4, 0.5) is 0 Å². The van der Waals surface area contributed by atoms with Crippen LogP contribution in [-0.4, -0.2) is 22.9 Å². The van der Waals surface area contributed by atoms with E-state index < -0.39 is 0 Å². The Kier molecular flexibility index (Phi) is 3.86. The zero-order valence-electron chi connectivity index (χ0n) is 12.1. The fourth-order valence-corrected chi connectivity index (χ4v) is 2.58. The number of hydrogen-bond donors (Lipinski definition) is 0. The quantitative estimate of drug-likeness (QED) is 0.865. The van der Waals surface area contributed by atoms with Crippen molar-refractivity contribution in [2.24, 2.45) is 0 Å². The summed E-state index contributed by atoms with van der Waals surface area (Å²) in [5.74, 6) is 1.02. The van der Waals surface area contributed by atoms with Crippen LogP contribution in [0.1, 0.15) is 23.2 Å². The van der Waals surface area contributed by atoms with Gasteiger partial charge in [0.25, 0.3) is 0 Å². The van der Waals surface area contributed by atoms with Gasteiger partial charge < -0.3 is 9.64 Å². The average molecular weight is 282 g/mol. The lowest BCUT2D eigenvalue weighted by Crippen LogP contribution is -2.25. The number of amides is 1. The maximum absolute atomic E-state index is 12.3. The lowest BCUT2D eigenvalue weighted by Gasteiger charge is -2.15. The first kappa shape index (κ1) is 13.6. The summed E-state index contributed by atoms with van der Waals surface area (Å²) in [4.78, 5) is 18.5. The smallest absolute Gasteiger partial charge is 0.223 e. The predicted octanol–water partition coefficient (Wildman–Crippen LogP) is 2.57. The normalized spacial score (nSPS) is 13.1. The number of carbonyl (C=O) groups is 1. The number of benzene rings is 1. The summed E-state index contributed by atoms with van der Waals surface area (Å²) in [6.45, 7) is 1.32. The van der Waals surface area contributed by atoms with Crippen molar-refractivity contribution in [1.29, 1.82) is 0 Å². The number of fused-ring (bicyclic) bond motifs is 1. The van der Waals surface area contributed by atoms with E-state index in [-0.39, 0.29) is 5.91 Å². The van der Waals surface area contributed by atoms with Gasteiger partial charge in [-0.3, -0.25) is 9.78 Å². The molecule has 4 heteroatoms. The van der Waals surface area contributed by atoms with Crippen LogP contribution in [0.25, 0.3) is 0 Å². The molecule has 3 rings (SSSR count). The molecular weight excluding hydrogens is 264 g/mol. The number of methoxy groups -OCH3 is 1. The third kappa shape index (κ3) is 3.05. The molecule has 1 aromatic carbocycles. The molecule has 0 bridgehead atoms. The minimum atomic E-state index is 0.184. The maximum atomic E-state index is 12.3. The SMILES string of the molecule is COc1ccc(CCC(=O)N2Cc3cccnc3C2)cc1. The van der Waals surface area contributed by atoms with E-state index in [1.807, 2.05) is 41.3 Å². The zero-order valence-corrected chi connectivity index (χ0v) is 12.1. The van der Waals surface area contributed by atoms with Crippen molar-refractivity contribution in [2.45, 2.75) is 25.9 Å². The summed E-state index contributed by atoms with van der Waals surface area (Å²) in [5.41, 5.74) is 3.34. The molecule has 0 saturated carbocycles. The summed E-state index contributed by atoms with van der Waals surface area (Å²) in [5, 5.41) is 0. The second-order valence-corrected chi connectivity index (χ2v) is 5.21. The molecule has 2 aromatic rings. The van der Waals surface area contributed by atoms with Crippen molar-refractivity contribution >= 4 is 5.91 Å². The minimum absolute atomic E-state index is 0.184. The Balaban J connectivity index is 1.55. The molecule has 1 amide bonds. The Morgan fingerprint density at radius 3 is 2.76 bits per heavy atom. The molecule has 0 N–H and O–H groups in total. The average Bonchev–Trinajstić information content (AvgIpc) is 2.97. The molecule has 21 heavy (non-hydrogen) atoms. The van der Waals surface area contributed by atoms with Gasteiger partial charge in [0, 0.05) is 19.2 Å². The van der Waals surface area contributed by atoms with Crippen molar-refractivity contribution < 1.29 is 9.53 Å². The van der Waals surface area contributed by atoms with Crippen LogP contribution in [0.15, 0.2) is 42.6 Å². The van der Waals surface area contributed by atoms with Gasteiger partial charge in [0.05, 0.1) is 19.3 Å². The number of nitrogens with zero attached hydrogens (tertiary/aromatic N) is 2. The second-order valence-electron chi connectivity index (χ2n) is 5.21. The van der Waals surface area contributed by atoms with E-state index in [0.29, 0.717) is 19.5 Å². The monoisotopic (exact) mass is 282 g/mol. The van der Waals surface area contributed by atoms with Gasteiger partial charge in [-0.1, -0.05) is 18.2 Å². The Bertz CT molecular complexity index is 612. The van der Waals surface area contributed by atoms with Crippen LogP contribution in [0.5, 0.6) is 5.75 Å². The summed E-state index contributed by atoms with van der Waals surface area (Å²) in [6.07, 6.45) is 3.06. The molecular formula is C17H18N2O2. The lowest BCUT2D eigenvalue weighted by molar-refractivity contribution is -0.131. The van der Waals surface area contributed by atoms with Crippen LogP contribution >= 0.6 is 0 Å². The molecule has 1 aromatic heterocycles. The third-order valence-corrected chi connectivity index (χ3v) is 3.83. The van der Waals surface area contributed by atoms with Crippen LogP contribution in [0.2, 0.25) is 0 Å². The molecule has 1 aliphatic heterocycles. The topological polar surface area (TPSA) is 42.4 Å². The van der Waals surface area contributed by atoms with Gasteiger partial charge >= 0.3 is 0 Å². The van der Waals surface area contributed by atoms with E-state index in [9.17, 15) is 4.79 Å². The third-order valence-electron chi connectivity index (χ3n) is 3.83. The van der Waals surface area contributed by atoms with Crippen LogP contribution in [-0.2, 0) is 24.3 Å². The molecule has 1 aliphatic rings. The highest BCUT2D eigenvalue weighted by Crippen LogP contribution is 2.21. The van der Waals surface area contributed by atoms with Gasteiger partial charge in [0.15, 0.2) is 0 Å². The molecule has 0 saturated heterocycles. The molecule has 0 radical (unpaired) electrons. The fraction of sp³-hybridized carbons (Fsp3) is 0.294. The van der Waals surface area contributed by atoms with Crippen molar-refractivity contribution in [1.82, 2.24) is 9.88 Å². The summed E-state index contributed by atoms with van der Waals surface area (Å²) in [7, 11) is 1.65. The molecule has 108 valence electrons. The van der Waals surface area contributed by atoms with Crippen LogP contribution in [0.3, 0.4) is 0 Å². The predicted molar refractivity (Wildman–Crippen MR) is 79.8 cm³/mol. The van der Waals surface area contributed by atoms with Gasteiger partial charge in [-0.15, -0.1) is 0 Å². The zero-order chi connectivity index (χ0) is 14.7. The standard InChI is InChI=1S/C17H18N2O2/c1-21-15-7-4-13(5-8-15)6-9-17(20)19-11-14-3-2-10-18-16(14)12-19/h2-5,7-8,10H,6,9,11-12H2,1H3. The fourth-order valence-electron chi connectivity index (χ4n) is 2.58. The number of rotatable bonds is 4. The number of pyridine rings is 1. The first-order chi connectivity index (χ1) is 10.3. The van der Waals surface area contributed by atoms with Crippen molar-refractivity contribution in [3.8, 4) is 5.75 Å². The molecule has 0 atom stereocenters. The highest BCUT2D eigenvalue weighted by molar-refractivity contribution is 5.77. The number of ether oxygens (including phenoxy) is 1. The van der Waals surface area contributed by atoms with E-state index in [1.165, 1.54) is 0 Å². The van der Waals surface area contributed by atoms with Crippen LogP contribution in [0, 0.1) is 0 Å². The number of hydrogen-bond acceptors (Lipinski definition) is 3. The molecule has 0 unspecified atom stereocenters. The van der Waals surface area contributed by atoms with E-state index in [0.717, 1.165) is 29.0 Å². The second kappa shape index (κ2) is 5.95. The lowest BCUT2D eigenvalue weighted by atomic mass is 10.1. The van der Waals surface area contributed by atoms with Gasteiger partial charge in [0.1, 0.15) is 5.75 Å². The number of aryl methyl sites for hydroxylation is 1. The molecule has 2 heterocycles. The van der Waals surface area contributed by atoms with Crippen LogP contribution < -0.4 is 4.74 Å². The van der Waals surface area contributed by atoms with Gasteiger partial charge in [-0.05, 0) is 35.7 Å². The molecule has 0 spiro atoms. The molecule has 4 nitrogen and oxygen atoms in total. The Labute approximate surface area is 124 Å². The van der Waals surface area contributed by atoms with E-state index in [2.05, 4.69) is 4.98 Å². The Hall–Kier alpha value is -2.36. The first-order valence-electron chi connectivity index (χ1n) is 7.10. The molecule has 0 fully saturated rings. The first-order valence-corrected chi connectivity index (χ1v) is 7.10. The Morgan fingerprint density at radius 2 is 2.05 bits per heavy atom. The van der Waals surface area contributed by atoms with E-state index in [4.69, 9.17) is 4.74 Å². The largest absolute Gasteiger partial charge is 0.497 e. The van der Waals surface area contributed by atoms with Gasteiger partial charge in [0.2, 0.25) is 5.91 Å². The van der Waals surface area contributed by atoms with Crippen molar-refractivity contribution in [2.75, 3.05) is 7.11 Å². The van der Waals surface area contributed by atoms with Crippen molar-refractivity contribution in [3.05, 3.63) is 59.4 Å². The van der Waals surface area contributed by atoms with E-state index >= 15 is 0 Å².